The van der Waals surface area contributed by atoms with Gasteiger partial charge in [0.25, 0.3) is 5.91 Å². The van der Waals surface area contributed by atoms with Crippen molar-refractivity contribution < 1.29 is 4.79 Å². The van der Waals surface area contributed by atoms with Gasteiger partial charge < -0.3 is 10.7 Å². The number of benzene rings is 1. The molecule has 1 fully saturated rings. The van der Waals surface area contributed by atoms with E-state index in [1.165, 1.54) is 0 Å². The maximum atomic E-state index is 12.4. The lowest BCUT2D eigenvalue weighted by molar-refractivity contribution is 0.0950. The molecule has 1 aromatic carbocycles. The smallest absolute Gasteiger partial charge is 0.253 e. The van der Waals surface area contributed by atoms with Crippen molar-refractivity contribution in [3.63, 3.8) is 0 Å². The van der Waals surface area contributed by atoms with Crippen LogP contribution in [0.1, 0.15) is 30.1 Å². The van der Waals surface area contributed by atoms with Crippen LogP contribution in [0.5, 0.6) is 0 Å². The number of fused-ring (bicyclic) bond motifs is 1. The lowest BCUT2D eigenvalue weighted by Crippen LogP contribution is -2.27. The summed E-state index contributed by atoms with van der Waals surface area (Å²) in [6.45, 7) is 2.15. The van der Waals surface area contributed by atoms with Gasteiger partial charge in [-0.05, 0) is 17.7 Å². The van der Waals surface area contributed by atoms with Crippen molar-refractivity contribution in [2.45, 2.75) is 25.8 Å². The molecule has 1 heterocycles. The number of aromatic nitrogens is 1. The Balaban J connectivity index is 1.93. The summed E-state index contributed by atoms with van der Waals surface area (Å²) in [5.74, 6) is 6.61. The molecule has 1 amide bonds. The predicted molar refractivity (Wildman–Crippen MR) is 79.2 cm³/mol. The molecule has 0 radical (unpaired) electrons. The van der Waals surface area contributed by atoms with Crippen LogP contribution < -0.4 is 16.6 Å². The summed E-state index contributed by atoms with van der Waals surface area (Å²) < 4.78 is 0. The molecule has 5 heteroatoms. The molecule has 0 aliphatic heterocycles. The maximum Gasteiger partial charge on any atom is 0.253 e. The van der Waals surface area contributed by atoms with Crippen molar-refractivity contribution in [1.29, 1.82) is 0 Å². The van der Waals surface area contributed by atoms with E-state index in [0.29, 0.717) is 23.3 Å². The molecule has 0 bridgehead atoms. The first-order valence-electron chi connectivity index (χ1n) is 6.89. The summed E-state index contributed by atoms with van der Waals surface area (Å²) in [5, 5.41) is 4.79. The van der Waals surface area contributed by atoms with Gasteiger partial charge in [0.2, 0.25) is 0 Å². The Labute approximate surface area is 117 Å². The van der Waals surface area contributed by atoms with Gasteiger partial charge in [-0.2, -0.15) is 0 Å². The number of hydrogen-bond donors (Lipinski definition) is 3. The Hall–Kier alpha value is -2.14. The van der Waals surface area contributed by atoms with Gasteiger partial charge >= 0.3 is 0 Å². The molecular weight excluding hydrogens is 252 g/mol. The zero-order valence-corrected chi connectivity index (χ0v) is 11.4. The molecule has 2 atom stereocenters. The van der Waals surface area contributed by atoms with Gasteiger partial charge in [0, 0.05) is 17.6 Å². The van der Waals surface area contributed by atoms with E-state index in [1.807, 2.05) is 24.3 Å². The second-order valence-corrected chi connectivity index (χ2v) is 5.19. The quantitative estimate of drug-likeness (QED) is 0.587. The van der Waals surface area contributed by atoms with Gasteiger partial charge in [0.1, 0.15) is 5.82 Å². The SMILES string of the molecule is CCC1CC1NC(=O)c1cnc(NN)c2ccccc12. The van der Waals surface area contributed by atoms with Crippen LogP contribution in [-0.2, 0) is 0 Å². The highest BCUT2D eigenvalue weighted by Gasteiger charge is 2.36. The average molecular weight is 270 g/mol. The van der Waals surface area contributed by atoms with Crippen LogP contribution in [0.3, 0.4) is 0 Å². The highest BCUT2D eigenvalue weighted by molar-refractivity contribution is 6.09. The van der Waals surface area contributed by atoms with Crippen LogP contribution in [0.25, 0.3) is 10.8 Å². The molecule has 0 saturated heterocycles. The summed E-state index contributed by atoms with van der Waals surface area (Å²) in [6.07, 6.45) is 3.77. The largest absolute Gasteiger partial charge is 0.349 e. The van der Waals surface area contributed by atoms with Crippen molar-refractivity contribution in [2.75, 3.05) is 5.43 Å². The molecule has 2 aromatic rings. The predicted octanol–water partition coefficient (Wildman–Crippen LogP) is 2.05. The topological polar surface area (TPSA) is 80.0 Å². The number of hydrogen-bond acceptors (Lipinski definition) is 4. The summed E-state index contributed by atoms with van der Waals surface area (Å²) >= 11 is 0. The molecular formula is C15H18N4O. The van der Waals surface area contributed by atoms with E-state index in [9.17, 15) is 4.79 Å². The normalized spacial score (nSPS) is 20.7. The van der Waals surface area contributed by atoms with Crippen LogP contribution in [0.4, 0.5) is 5.82 Å². The van der Waals surface area contributed by atoms with E-state index in [4.69, 9.17) is 5.84 Å². The Morgan fingerprint density at radius 2 is 2.15 bits per heavy atom. The van der Waals surface area contributed by atoms with E-state index in [0.717, 1.165) is 23.6 Å². The molecule has 0 spiro atoms. The maximum absolute atomic E-state index is 12.4. The molecule has 5 nitrogen and oxygen atoms in total. The zero-order valence-electron chi connectivity index (χ0n) is 11.4. The molecule has 1 aromatic heterocycles. The third-order valence-corrected chi connectivity index (χ3v) is 3.94. The Kier molecular flexibility index (Phi) is 3.28. The first kappa shape index (κ1) is 12.9. The fourth-order valence-electron chi connectivity index (χ4n) is 2.61. The van der Waals surface area contributed by atoms with E-state index in [1.54, 1.807) is 6.20 Å². The summed E-state index contributed by atoms with van der Waals surface area (Å²) in [4.78, 5) is 16.6. The van der Waals surface area contributed by atoms with Crippen molar-refractivity contribution in [2.24, 2.45) is 11.8 Å². The number of nitrogen functional groups attached to an aromatic ring is 1. The van der Waals surface area contributed by atoms with E-state index < -0.39 is 0 Å². The number of carbonyl (C=O) groups excluding carboxylic acids is 1. The second kappa shape index (κ2) is 5.09. The number of pyridine rings is 1. The minimum Gasteiger partial charge on any atom is -0.349 e. The Morgan fingerprint density at radius 1 is 1.40 bits per heavy atom. The summed E-state index contributed by atoms with van der Waals surface area (Å²) in [7, 11) is 0. The molecule has 1 aliphatic rings. The third kappa shape index (κ3) is 2.20. The zero-order chi connectivity index (χ0) is 14.1. The first-order valence-corrected chi connectivity index (χ1v) is 6.89. The van der Waals surface area contributed by atoms with Crippen LogP contribution >= 0.6 is 0 Å². The van der Waals surface area contributed by atoms with Crippen molar-refractivity contribution in [1.82, 2.24) is 10.3 Å². The number of amides is 1. The van der Waals surface area contributed by atoms with Crippen LogP contribution in [0, 0.1) is 5.92 Å². The molecule has 1 aliphatic carbocycles. The van der Waals surface area contributed by atoms with Gasteiger partial charge in [-0.15, -0.1) is 0 Å². The molecule has 3 rings (SSSR count). The monoisotopic (exact) mass is 270 g/mol. The molecule has 2 unspecified atom stereocenters. The van der Waals surface area contributed by atoms with Gasteiger partial charge in [0.15, 0.2) is 0 Å². The van der Waals surface area contributed by atoms with Gasteiger partial charge in [0.05, 0.1) is 5.56 Å². The Bertz CT molecular complexity index is 655. The molecule has 1 saturated carbocycles. The summed E-state index contributed by atoms with van der Waals surface area (Å²) in [6, 6.07) is 7.95. The lowest BCUT2D eigenvalue weighted by Gasteiger charge is -2.10. The van der Waals surface area contributed by atoms with Gasteiger partial charge in [-0.25, -0.2) is 10.8 Å². The number of anilines is 1. The number of hydrazine groups is 1. The average Bonchev–Trinajstić information content (AvgIpc) is 3.24. The molecule has 104 valence electrons. The van der Waals surface area contributed by atoms with E-state index in [-0.39, 0.29) is 5.91 Å². The number of rotatable bonds is 4. The highest BCUT2D eigenvalue weighted by atomic mass is 16.1. The van der Waals surface area contributed by atoms with Crippen LogP contribution in [0.15, 0.2) is 30.5 Å². The van der Waals surface area contributed by atoms with Crippen LogP contribution in [-0.4, -0.2) is 16.9 Å². The number of carbonyl (C=O) groups is 1. The third-order valence-electron chi connectivity index (χ3n) is 3.94. The lowest BCUT2D eigenvalue weighted by atomic mass is 10.1. The Morgan fingerprint density at radius 3 is 2.80 bits per heavy atom. The standard InChI is InChI=1S/C15H18N4O/c1-2-9-7-13(9)18-15(20)12-8-17-14(19-16)11-6-4-3-5-10(11)12/h3-6,8-9,13H,2,7,16H2,1H3,(H,17,19)(H,18,20). The molecule has 4 N–H and O–H groups in total. The number of nitrogens with zero attached hydrogens (tertiary/aromatic N) is 1. The van der Waals surface area contributed by atoms with Crippen LogP contribution in [0.2, 0.25) is 0 Å². The van der Waals surface area contributed by atoms with Crippen molar-refractivity contribution in [3.8, 4) is 0 Å². The molecule has 20 heavy (non-hydrogen) atoms. The van der Waals surface area contributed by atoms with Gasteiger partial charge in [-0.1, -0.05) is 37.6 Å². The minimum atomic E-state index is -0.0572. The number of nitrogens with two attached hydrogens (primary N) is 1. The van der Waals surface area contributed by atoms with Crippen molar-refractivity contribution in [3.05, 3.63) is 36.0 Å². The number of nitrogens with one attached hydrogen (secondary N) is 2. The van der Waals surface area contributed by atoms with Crippen molar-refractivity contribution >= 4 is 22.5 Å². The minimum absolute atomic E-state index is 0.0572. The fraction of sp³-hybridized carbons (Fsp3) is 0.333. The first-order chi connectivity index (χ1) is 9.74. The highest BCUT2D eigenvalue weighted by Crippen LogP contribution is 2.33. The fourth-order valence-corrected chi connectivity index (χ4v) is 2.61. The van der Waals surface area contributed by atoms with Gasteiger partial charge in [-0.3, -0.25) is 4.79 Å². The second-order valence-electron chi connectivity index (χ2n) is 5.19. The summed E-state index contributed by atoms with van der Waals surface area (Å²) in [5.41, 5.74) is 3.16. The van der Waals surface area contributed by atoms with E-state index >= 15 is 0 Å². The van der Waals surface area contributed by atoms with E-state index in [2.05, 4.69) is 22.7 Å².